The van der Waals surface area contributed by atoms with Crippen molar-refractivity contribution in [3.8, 4) is 0 Å². The third-order valence-corrected chi connectivity index (χ3v) is 3.68. The molecule has 0 aliphatic carbocycles. The number of benzene rings is 2. The van der Waals surface area contributed by atoms with Gasteiger partial charge in [-0.3, -0.25) is 0 Å². The summed E-state index contributed by atoms with van der Waals surface area (Å²) < 4.78 is 12.9. The molecule has 0 fully saturated rings. The van der Waals surface area contributed by atoms with Crippen LogP contribution in [0.25, 0.3) is 5.57 Å². The third-order valence-electron chi connectivity index (χ3n) is 3.68. The van der Waals surface area contributed by atoms with E-state index in [-0.39, 0.29) is 5.82 Å². The van der Waals surface area contributed by atoms with E-state index in [0.29, 0.717) is 0 Å². The maximum absolute atomic E-state index is 12.9. The Hall–Kier alpha value is -1.93. The molecule has 3 rings (SSSR count). The van der Waals surface area contributed by atoms with E-state index in [9.17, 15) is 4.39 Å². The fourth-order valence-electron chi connectivity index (χ4n) is 2.60. The predicted molar refractivity (Wildman–Crippen MR) is 81.1 cm³/mol. The molecule has 2 aromatic carbocycles. The Morgan fingerprint density at radius 2 is 1.85 bits per heavy atom. The van der Waals surface area contributed by atoms with Crippen LogP contribution in [0.4, 0.5) is 4.39 Å². The molecule has 0 unspecified atom stereocenters. The van der Waals surface area contributed by atoms with E-state index >= 15 is 0 Å². The Morgan fingerprint density at radius 1 is 1.00 bits per heavy atom. The van der Waals surface area contributed by atoms with Gasteiger partial charge in [0.1, 0.15) is 5.82 Å². The molecule has 0 saturated carbocycles. The second-order valence-corrected chi connectivity index (χ2v) is 5.19. The standard InChI is InChI=1S/C18H18FN/c19-18-6-4-14(5-7-18)12-15-2-1-3-17(13-15)16-8-10-20-11-9-16/h1-8,13,20H,9-12H2. The van der Waals surface area contributed by atoms with Crippen molar-refractivity contribution < 1.29 is 4.39 Å². The molecule has 1 aliphatic rings. The smallest absolute Gasteiger partial charge is 0.123 e. The van der Waals surface area contributed by atoms with Crippen LogP contribution in [0.2, 0.25) is 0 Å². The zero-order chi connectivity index (χ0) is 13.8. The van der Waals surface area contributed by atoms with Gasteiger partial charge in [-0.05, 0) is 53.8 Å². The summed E-state index contributed by atoms with van der Waals surface area (Å²) >= 11 is 0. The first-order valence-corrected chi connectivity index (χ1v) is 7.05. The normalized spacial score (nSPS) is 14.9. The van der Waals surface area contributed by atoms with Crippen molar-refractivity contribution in [3.63, 3.8) is 0 Å². The second-order valence-electron chi connectivity index (χ2n) is 5.19. The molecule has 0 bridgehead atoms. The molecule has 1 N–H and O–H groups in total. The highest BCUT2D eigenvalue weighted by Crippen LogP contribution is 2.21. The molecule has 0 aromatic heterocycles. The predicted octanol–water partition coefficient (Wildman–Crippen LogP) is 3.79. The van der Waals surface area contributed by atoms with Crippen LogP contribution in [-0.4, -0.2) is 13.1 Å². The quantitative estimate of drug-likeness (QED) is 0.892. The first-order chi connectivity index (χ1) is 9.81. The van der Waals surface area contributed by atoms with E-state index < -0.39 is 0 Å². The maximum atomic E-state index is 12.9. The minimum absolute atomic E-state index is 0.178. The summed E-state index contributed by atoms with van der Waals surface area (Å²) in [6.07, 6.45) is 4.19. The van der Waals surface area contributed by atoms with Crippen LogP contribution in [0.5, 0.6) is 0 Å². The van der Waals surface area contributed by atoms with Crippen LogP contribution in [0.3, 0.4) is 0 Å². The Labute approximate surface area is 119 Å². The van der Waals surface area contributed by atoms with Gasteiger partial charge in [-0.1, -0.05) is 42.5 Å². The lowest BCUT2D eigenvalue weighted by molar-refractivity contribution is 0.627. The van der Waals surface area contributed by atoms with Crippen molar-refractivity contribution in [3.05, 3.63) is 77.1 Å². The SMILES string of the molecule is Fc1ccc(Cc2cccc(C3=CCNCC3)c2)cc1. The number of halogens is 1. The molecule has 1 nitrogen and oxygen atoms in total. The zero-order valence-electron chi connectivity index (χ0n) is 11.4. The van der Waals surface area contributed by atoms with Gasteiger partial charge in [0.15, 0.2) is 0 Å². The van der Waals surface area contributed by atoms with Gasteiger partial charge >= 0.3 is 0 Å². The Morgan fingerprint density at radius 3 is 2.60 bits per heavy atom. The van der Waals surface area contributed by atoms with Gasteiger partial charge in [0.2, 0.25) is 0 Å². The number of hydrogen-bond donors (Lipinski definition) is 1. The molecule has 2 aromatic rings. The first-order valence-electron chi connectivity index (χ1n) is 7.05. The molecule has 0 atom stereocenters. The van der Waals surface area contributed by atoms with E-state index in [2.05, 4.69) is 35.7 Å². The molecule has 2 heteroatoms. The Balaban J connectivity index is 1.80. The van der Waals surface area contributed by atoms with Gasteiger partial charge in [0.25, 0.3) is 0 Å². The molecule has 102 valence electrons. The topological polar surface area (TPSA) is 12.0 Å². The molecular weight excluding hydrogens is 249 g/mol. The summed E-state index contributed by atoms with van der Waals surface area (Å²) in [4.78, 5) is 0. The number of rotatable bonds is 3. The maximum Gasteiger partial charge on any atom is 0.123 e. The molecule has 1 aliphatic heterocycles. The number of hydrogen-bond acceptors (Lipinski definition) is 1. The van der Waals surface area contributed by atoms with Gasteiger partial charge in [-0.2, -0.15) is 0 Å². The molecule has 0 amide bonds. The van der Waals surface area contributed by atoms with E-state index in [1.54, 1.807) is 0 Å². The highest BCUT2D eigenvalue weighted by atomic mass is 19.1. The summed E-state index contributed by atoms with van der Waals surface area (Å²) in [5.74, 6) is -0.178. The van der Waals surface area contributed by atoms with Crippen LogP contribution >= 0.6 is 0 Å². The van der Waals surface area contributed by atoms with Gasteiger partial charge in [0.05, 0.1) is 0 Å². The zero-order valence-corrected chi connectivity index (χ0v) is 11.4. The minimum atomic E-state index is -0.178. The average Bonchev–Trinajstić information content (AvgIpc) is 2.51. The lowest BCUT2D eigenvalue weighted by Crippen LogP contribution is -2.20. The summed E-state index contributed by atoms with van der Waals surface area (Å²) in [6.45, 7) is 2.01. The molecule has 1 heterocycles. The molecule has 0 spiro atoms. The highest BCUT2D eigenvalue weighted by Gasteiger charge is 2.06. The van der Waals surface area contributed by atoms with Crippen molar-refractivity contribution in [2.75, 3.05) is 13.1 Å². The van der Waals surface area contributed by atoms with E-state index in [1.807, 2.05) is 12.1 Å². The van der Waals surface area contributed by atoms with Gasteiger partial charge in [-0.15, -0.1) is 0 Å². The van der Waals surface area contributed by atoms with Crippen LogP contribution < -0.4 is 5.32 Å². The Bertz CT molecular complexity index is 614. The third kappa shape index (κ3) is 3.14. The summed E-state index contributed by atoms with van der Waals surface area (Å²) in [5.41, 5.74) is 5.15. The van der Waals surface area contributed by atoms with Gasteiger partial charge < -0.3 is 5.32 Å². The second kappa shape index (κ2) is 6.02. The van der Waals surface area contributed by atoms with Crippen LogP contribution in [0, 0.1) is 5.82 Å². The molecule has 20 heavy (non-hydrogen) atoms. The van der Waals surface area contributed by atoms with Gasteiger partial charge in [-0.25, -0.2) is 4.39 Å². The fraction of sp³-hybridized carbons (Fsp3) is 0.222. The lowest BCUT2D eigenvalue weighted by atomic mass is 9.96. The van der Waals surface area contributed by atoms with Crippen LogP contribution in [-0.2, 0) is 6.42 Å². The van der Waals surface area contributed by atoms with Crippen molar-refractivity contribution in [2.24, 2.45) is 0 Å². The molecule has 0 radical (unpaired) electrons. The van der Waals surface area contributed by atoms with E-state index in [0.717, 1.165) is 31.5 Å². The summed E-state index contributed by atoms with van der Waals surface area (Å²) in [6, 6.07) is 15.4. The van der Waals surface area contributed by atoms with Crippen molar-refractivity contribution >= 4 is 5.57 Å². The average molecular weight is 267 g/mol. The molecule has 0 saturated heterocycles. The van der Waals surface area contributed by atoms with Crippen LogP contribution in [0.1, 0.15) is 23.1 Å². The monoisotopic (exact) mass is 267 g/mol. The minimum Gasteiger partial charge on any atom is -0.313 e. The largest absolute Gasteiger partial charge is 0.313 e. The lowest BCUT2D eigenvalue weighted by Gasteiger charge is -2.15. The van der Waals surface area contributed by atoms with Crippen molar-refractivity contribution in [1.29, 1.82) is 0 Å². The van der Waals surface area contributed by atoms with Gasteiger partial charge in [0, 0.05) is 6.54 Å². The van der Waals surface area contributed by atoms with Crippen molar-refractivity contribution in [2.45, 2.75) is 12.8 Å². The number of nitrogens with one attached hydrogen (secondary N) is 1. The van der Waals surface area contributed by atoms with E-state index in [4.69, 9.17) is 0 Å². The Kier molecular flexibility index (Phi) is 3.93. The van der Waals surface area contributed by atoms with E-state index in [1.165, 1.54) is 28.8 Å². The molecular formula is C18H18FN. The fourth-order valence-corrected chi connectivity index (χ4v) is 2.60. The first kappa shape index (κ1) is 13.1. The highest BCUT2D eigenvalue weighted by molar-refractivity contribution is 5.67. The summed E-state index contributed by atoms with van der Waals surface area (Å²) in [7, 11) is 0. The van der Waals surface area contributed by atoms with Crippen molar-refractivity contribution in [1.82, 2.24) is 5.32 Å². The summed E-state index contributed by atoms with van der Waals surface area (Å²) in [5, 5.41) is 3.33. The van der Waals surface area contributed by atoms with Crippen LogP contribution in [0.15, 0.2) is 54.6 Å².